The summed E-state index contributed by atoms with van der Waals surface area (Å²) >= 11 is 0. The Bertz CT molecular complexity index is 1370. The summed E-state index contributed by atoms with van der Waals surface area (Å²) in [6.07, 6.45) is 1.26. The molecule has 0 aliphatic rings. The minimum Gasteiger partial charge on any atom is -0.310 e. The molecule has 1 N–H and O–H groups in total. The molecule has 1 aromatic heterocycles. The van der Waals surface area contributed by atoms with Gasteiger partial charge in [-0.15, -0.1) is 0 Å². The van der Waals surface area contributed by atoms with Gasteiger partial charge >= 0.3 is 6.03 Å². The van der Waals surface area contributed by atoms with Crippen molar-refractivity contribution < 1.29 is 9.18 Å². The molecule has 0 spiro atoms. The first kappa shape index (κ1) is 24.1. The maximum absolute atomic E-state index is 14.3. The fourth-order valence-electron chi connectivity index (χ4n) is 4.27. The fourth-order valence-corrected chi connectivity index (χ4v) is 4.27. The van der Waals surface area contributed by atoms with Gasteiger partial charge in [0.15, 0.2) is 0 Å². The van der Waals surface area contributed by atoms with Gasteiger partial charge in [0.25, 0.3) is 5.56 Å². The lowest BCUT2D eigenvalue weighted by molar-refractivity contribution is 0.175. The van der Waals surface area contributed by atoms with Crippen LogP contribution in [0.1, 0.15) is 44.1 Å². The normalized spacial score (nSPS) is 11.9. The topological polar surface area (TPSA) is 67.2 Å². The smallest absolute Gasteiger partial charge is 0.310 e. The van der Waals surface area contributed by atoms with Crippen LogP contribution in [0, 0.1) is 5.82 Å². The second kappa shape index (κ2) is 11.0. The number of urea groups is 1. The largest absolute Gasteiger partial charge is 0.322 e. The number of aromatic nitrogens is 2. The number of fused-ring (bicyclic) bond motifs is 1. The van der Waals surface area contributed by atoms with Crippen LogP contribution in [0.3, 0.4) is 0 Å². The molecule has 1 atom stereocenters. The van der Waals surface area contributed by atoms with Crippen LogP contribution in [0.25, 0.3) is 10.9 Å². The van der Waals surface area contributed by atoms with Crippen molar-refractivity contribution in [2.24, 2.45) is 0 Å². The van der Waals surface area contributed by atoms with E-state index >= 15 is 0 Å². The Kier molecular flexibility index (Phi) is 7.55. The summed E-state index contributed by atoms with van der Waals surface area (Å²) in [5, 5.41) is 3.26. The molecule has 4 rings (SSSR count). The average molecular weight is 473 g/mol. The third-order valence-electron chi connectivity index (χ3n) is 5.97. The van der Waals surface area contributed by atoms with Gasteiger partial charge in [-0.05, 0) is 42.7 Å². The van der Waals surface area contributed by atoms with Crippen LogP contribution in [0.15, 0.2) is 83.7 Å². The third-order valence-corrected chi connectivity index (χ3v) is 5.97. The van der Waals surface area contributed by atoms with E-state index in [1.165, 1.54) is 12.1 Å². The Balaban J connectivity index is 1.82. The highest BCUT2D eigenvalue weighted by Gasteiger charge is 2.29. The predicted molar refractivity (Wildman–Crippen MR) is 137 cm³/mol. The van der Waals surface area contributed by atoms with E-state index in [2.05, 4.69) is 5.32 Å². The molecule has 4 aromatic rings. The standard InChI is InChI=1S/C28H29FN4O2/c1-3-18-32-26(30-23-16-10-8-14-21(23)27(32)34)25(4-2)33(19-20-12-6-5-7-13-20)28(35)31-24-17-11-9-15-22(24)29/h5-17,25H,3-4,18-19H2,1-2H3,(H,31,35). The van der Waals surface area contributed by atoms with E-state index in [0.717, 1.165) is 12.0 Å². The van der Waals surface area contributed by atoms with Crippen molar-refractivity contribution >= 4 is 22.6 Å². The Labute approximate surface area is 204 Å². The Morgan fingerprint density at radius 1 is 1.00 bits per heavy atom. The van der Waals surface area contributed by atoms with E-state index < -0.39 is 17.9 Å². The van der Waals surface area contributed by atoms with Gasteiger partial charge in [-0.25, -0.2) is 14.2 Å². The minimum absolute atomic E-state index is 0.0998. The van der Waals surface area contributed by atoms with Crippen molar-refractivity contribution in [1.29, 1.82) is 0 Å². The molecule has 7 heteroatoms. The van der Waals surface area contributed by atoms with E-state index in [4.69, 9.17) is 4.98 Å². The molecule has 0 fully saturated rings. The molecule has 0 saturated heterocycles. The van der Waals surface area contributed by atoms with E-state index in [1.54, 1.807) is 27.7 Å². The second-order valence-electron chi connectivity index (χ2n) is 8.39. The number of carbonyl (C=O) groups excluding carboxylic acids is 1. The third kappa shape index (κ3) is 5.24. The molecule has 0 aliphatic carbocycles. The van der Waals surface area contributed by atoms with E-state index in [1.807, 2.05) is 62.4 Å². The van der Waals surface area contributed by atoms with E-state index in [9.17, 15) is 14.0 Å². The van der Waals surface area contributed by atoms with Crippen LogP contribution < -0.4 is 10.9 Å². The lowest BCUT2D eigenvalue weighted by atomic mass is 10.1. The molecule has 1 heterocycles. The number of halogens is 1. The monoisotopic (exact) mass is 472 g/mol. The van der Waals surface area contributed by atoms with Gasteiger partial charge < -0.3 is 10.2 Å². The van der Waals surface area contributed by atoms with Gasteiger partial charge in [-0.2, -0.15) is 0 Å². The van der Waals surface area contributed by atoms with Gasteiger partial charge in [-0.3, -0.25) is 9.36 Å². The molecule has 0 saturated carbocycles. The summed E-state index contributed by atoms with van der Waals surface area (Å²) in [6, 6.07) is 21.9. The van der Waals surface area contributed by atoms with Crippen molar-refractivity contribution in [2.75, 3.05) is 5.32 Å². The SMILES string of the molecule is CCCn1c(C(CC)N(Cc2ccccc2)C(=O)Nc2ccccc2F)nc2ccccc2c1=O. The Morgan fingerprint density at radius 3 is 2.40 bits per heavy atom. The molecular weight excluding hydrogens is 443 g/mol. The highest BCUT2D eigenvalue weighted by atomic mass is 19.1. The molecule has 6 nitrogen and oxygen atoms in total. The molecular formula is C28H29FN4O2. The first-order valence-electron chi connectivity index (χ1n) is 11.9. The summed E-state index contributed by atoms with van der Waals surface area (Å²) in [6.45, 7) is 4.71. The van der Waals surface area contributed by atoms with Crippen molar-refractivity contribution in [1.82, 2.24) is 14.5 Å². The molecule has 3 aromatic carbocycles. The second-order valence-corrected chi connectivity index (χ2v) is 8.39. The van der Waals surface area contributed by atoms with Gasteiger partial charge in [0.05, 0.1) is 22.6 Å². The zero-order valence-electron chi connectivity index (χ0n) is 19.9. The van der Waals surface area contributed by atoms with Crippen LogP contribution in [0.4, 0.5) is 14.9 Å². The molecule has 2 amide bonds. The maximum Gasteiger partial charge on any atom is 0.322 e. The molecule has 1 unspecified atom stereocenters. The number of benzene rings is 3. The van der Waals surface area contributed by atoms with Crippen LogP contribution in [0.5, 0.6) is 0 Å². The predicted octanol–water partition coefficient (Wildman–Crippen LogP) is 6.13. The maximum atomic E-state index is 14.3. The van der Waals surface area contributed by atoms with Crippen molar-refractivity contribution in [3.63, 3.8) is 0 Å². The van der Waals surface area contributed by atoms with Gasteiger partial charge in [0.2, 0.25) is 0 Å². The Morgan fingerprint density at radius 2 is 1.69 bits per heavy atom. The number of nitrogens with one attached hydrogen (secondary N) is 1. The number of carbonyl (C=O) groups is 1. The van der Waals surface area contributed by atoms with Crippen molar-refractivity contribution in [2.45, 2.75) is 45.8 Å². The van der Waals surface area contributed by atoms with Crippen molar-refractivity contribution in [3.05, 3.63) is 106 Å². The molecule has 0 aliphatic heterocycles. The summed E-state index contributed by atoms with van der Waals surface area (Å²) in [4.78, 5) is 33.5. The summed E-state index contributed by atoms with van der Waals surface area (Å²) in [5.74, 6) is 0.0120. The number of amides is 2. The van der Waals surface area contributed by atoms with Crippen LogP contribution in [-0.4, -0.2) is 20.5 Å². The minimum atomic E-state index is -0.514. The van der Waals surface area contributed by atoms with Gasteiger partial charge in [-0.1, -0.05) is 68.4 Å². The number of nitrogens with zero attached hydrogens (tertiary/aromatic N) is 3. The number of rotatable bonds is 8. The van der Waals surface area contributed by atoms with E-state index in [0.29, 0.717) is 29.7 Å². The molecule has 35 heavy (non-hydrogen) atoms. The first-order valence-corrected chi connectivity index (χ1v) is 11.9. The fraction of sp³-hybridized carbons (Fsp3) is 0.250. The zero-order chi connectivity index (χ0) is 24.8. The number of hydrogen-bond acceptors (Lipinski definition) is 3. The number of para-hydroxylation sites is 2. The molecule has 180 valence electrons. The molecule has 0 bridgehead atoms. The summed E-state index contributed by atoms with van der Waals surface area (Å²) in [7, 11) is 0. The van der Waals surface area contributed by atoms with E-state index in [-0.39, 0.29) is 17.8 Å². The lowest BCUT2D eigenvalue weighted by Gasteiger charge is -2.32. The quantitative estimate of drug-likeness (QED) is 0.335. The summed E-state index contributed by atoms with van der Waals surface area (Å²) < 4.78 is 16.0. The van der Waals surface area contributed by atoms with Crippen LogP contribution in [-0.2, 0) is 13.1 Å². The van der Waals surface area contributed by atoms with Crippen LogP contribution >= 0.6 is 0 Å². The highest BCUT2D eigenvalue weighted by molar-refractivity contribution is 5.89. The zero-order valence-corrected chi connectivity index (χ0v) is 19.9. The van der Waals surface area contributed by atoms with Crippen molar-refractivity contribution in [3.8, 4) is 0 Å². The Hall–Kier alpha value is -4.00. The van der Waals surface area contributed by atoms with Gasteiger partial charge in [0.1, 0.15) is 11.6 Å². The number of anilines is 1. The van der Waals surface area contributed by atoms with Gasteiger partial charge in [0, 0.05) is 13.1 Å². The number of hydrogen-bond donors (Lipinski definition) is 1. The first-order chi connectivity index (χ1) is 17.0. The molecule has 0 radical (unpaired) electrons. The summed E-state index contributed by atoms with van der Waals surface area (Å²) in [5.41, 5.74) is 1.48. The van der Waals surface area contributed by atoms with Crippen LogP contribution in [0.2, 0.25) is 0 Å². The highest BCUT2D eigenvalue weighted by Crippen LogP contribution is 2.27. The lowest BCUT2D eigenvalue weighted by Crippen LogP contribution is -2.40. The average Bonchev–Trinajstić information content (AvgIpc) is 2.88.